The number of hydrazone groups is 1. The van der Waals surface area contributed by atoms with Crippen molar-refractivity contribution in [1.29, 1.82) is 0 Å². The first-order valence-electron chi connectivity index (χ1n) is 7.64. The predicted octanol–water partition coefficient (Wildman–Crippen LogP) is 1.89. The van der Waals surface area contributed by atoms with E-state index in [-0.39, 0.29) is 47.3 Å². The summed E-state index contributed by atoms with van der Waals surface area (Å²) in [6.07, 6.45) is 0. The molecule has 1 aromatic rings. The minimum atomic E-state index is -0.707. The lowest BCUT2D eigenvalue weighted by Gasteiger charge is -2.27. The highest BCUT2D eigenvalue weighted by Gasteiger charge is 2.34. The van der Waals surface area contributed by atoms with Gasteiger partial charge in [0.15, 0.2) is 5.71 Å². The number of nitro groups is 1. The van der Waals surface area contributed by atoms with Gasteiger partial charge in [0.05, 0.1) is 11.5 Å². The summed E-state index contributed by atoms with van der Waals surface area (Å²) in [5.41, 5.74) is 2.73. The molecule has 1 heterocycles. The molecule has 11 heteroatoms. The standard InChI is InChI=1S/C16H15ClN4O6/c1-9-10(2)15(23)20(5-6-27-8-22)16(24)14(9)19-18-12-4-3-11(17)7-13(12)21(25)26/h3-4,7-8,18H,5-6H2,1-2H3/b19-14-. The number of anilines is 1. The average molecular weight is 395 g/mol. The van der Waals surface area contributed by atoms with E-state index in [1.54, 1.807) is 6.92 Å². The molecule has 1 aliphatic heterocycles. The fourth-order valence-corrected chi connectivity index (χ4v) is 2.48. The third kappa shape index (κ3) is 4.29. The van der Waals surface area contributed by atoms with Crippen LogP contribution in [0, 0.1) is 10.1 Å². The first kappa shape index (κ1) is 20.0. The van der Waals surface area contributed by atoms with Gasteiger partial charge in [0.25, 0.3) is 24.0 Å². The van der Waals surface area contributed by atoms with Crippen LogP contribution in [-0.4, -0.2) is 47.0 Å². The van der Waals surface area contributed by atoms with Crippen LogP contribution in [0.4, 0.5) is 11.4 Å². The largest absolute Gasteiger partial charge is 0.466 e. The van der Waals surface area contributed by atoms with Crippen LogP contribution in [0.1, 0.15) is 13.8 Å². The number of amides is 2. The lowest BCUT2D eigenvalue weighted by Crippen LogP contribution is -2.48. The SMILES string of the molecule is CC1=C(C)/C(=N/Nc2ccc(Cl)cc2[N+](=O)[O-])C(=O)N(CCOC=O)C1=O. The Morgan fingerprint density at radius 2 is 2.00 bits per heavy atom. The first-order chi connectivity index (χ1) is 12.8. The van der Waals surface area contributed by atoms with Gasteiger partial charge in [-0.25, -0.2) is 0 Å². The second-order valence-electron chi connectivity index (χ2n) is 5.47. The van der Waals surface area contributed by atoms with Crippen LogP contribution in [0.25, 0.3) is 0 Å². The van der Waals surface area contributed by atoms with Crippen molar-refractivity contribution >= 4 is 47.0 Å². The van der Waals surface area contributed by atoms with Crippen LogP contribution in [0.5, 0.6) is 0 Å². The molecule has 0 spiro atoms. The summed E-state index contributed by atoms with van der Waals surface area (Å²) in [6, 6.07) is 3.93. The quantitative estimate of drug-likeness (QED) is 0.245. The number of ether oxygens (including phenoxy) is 1. The van der Waals surface area contributed by atoms with Gasteiger partial charge in [0.1, 0.15) is 12.3 Å². The Kier molecular flexibility index (Phi) is 6.24. The number of hydrogen-bond donors (Lipinski definition) is 1. The second-order valence-corrected chi connectivity index (χ2v) is 5.91. The number of nitrogens with zero attached hydrogens (tertiary/aromatic N) is 3. The van der Waals surface area contributed by atoms with Crippen molar-refractivity contribution in [3.63, 3.8) is 0 Å². The molecule has 0 aromatic heterocycles. The molecule has 2 rings (SSSR count). The second kappa shape index (κ2) is 8.41. The first-order valence-corrected chi connectivity index (χ1v) is 8.02. The molecule has 1 N–H and O–H groups in total. The van der Waals surface area contributed by atoms with E-state index in [4.69, 9.17) is 11.6 Å². The van der Waals surface area contributed by atoms with Crippen molar-refractivity contribution in [2.75, 3.05) is 18.6 Å². The number of rotatable bonds is 7. The van der Waals surface area contributed by atoms with E-state index >= 15 is 0 Å². The maximum absolute atomic E-state index is 12.6. The zero-order valence-corrected chi connectivity index (χ0v) is 15.1. The molecule has 0 aliphatic carbocycles. The molecule has 0 bridgehead atoms. The van der Waals surface area contributed by atoms with Gasteiger partial charge in [-0.3, -0.25) is 34.8 Å². The van der Waals surface area contributed by atoms with Gasteiger partial charge in [0.2, 0.25) is 0 Å². The van der Waals surface area contributed by atoms with E-state index in [1.807, 2.05) is 0 Å². The summed E-state index contributed by atoms with van der Waals surface area (Å²) in [6.45, 7) is 2.99. The smallest absolute Gasteiger partial charge is 0.295 e. The normalized spacial score (nSPS) is 16.0. The van der Waals surface area contributed by atoms with Gasteiger partial charge in [-0.15, -0.1) is 0 Å². The van der Waals surface area contributed by atoms with E-state index < -0.39 is 16.7 Å². The number of benzene rings is 1. The van der Waals surface area contributed by atoms with E-state index in [1.165, 1.54) is 19.1 Å². The predicted molar refractivity (Wildman–Crippen MR) is 96.3 cm³/mol. The fraction of sp³-hybridized carbons (Fsp3) is 0.250. The Balaban J connectivity index is 2.36. The highest BCUT2D eigenvalue weighted by Crippen LogP contribution is 2.28. The van der Waals surface area contributed by atoms with Crippen molar-refractivity contribution < 1.29 is 24.0 Å². The highest BCUT2D eigenvalue weighted by molar-refractivity contribution is 6.50. The number of carbonyl (C=O) groups excluding carboxylic acids is 3. The molecule has 0 fully saturated rings. The minimum absolute atomic E-state index is 0.0305. The van der Waals surface area contributed by atoms with Crippen molar-refractivity contribution in [3.8, 4) is 0 Å². The van der Waals surface area contributed by atoms with Crippen LogP contribution in [-0.2, 0) is 19.1 Å². The van der Waals surface area contributed by atoms with Crippen molar-refractivity contribution in [2.45, 2.75) is 13.8 Å². The Morgan fingerprint density at radius 1 is 1.30 bits per heavy atom. The number of nitro benzene ring substituents is 1. The monoisotopic (exact) mass is 394 g/mol. The zero-order valence-electron chi connectivity index (χ0n) is 14.4. The maximum Gasteiger partial charge on any atom is 0.295 e. The van der Waals surface area contributed by atoms with Crippen LogP contribution < -0.4 is 5.43 Å². The topological polar surface area (TPSA) is 131 Å². The summed E-state index contributed by atoms with van der Waals surface area (Å²) in [5, 5.41) is 15.3. The molecule has 1 aliphatic rings. The number of nitrogens with one attached hydrogen (secondary N) is 1. The third-order valence-electron chi connectivity index (χ3n) is 3.88. The van der Waals surface area contributed by atoms with E-state index in [2.05, 4.69) is 15.3 Å². The van der Waals surface area contributed by atoms with Crippen LogP contribution in [0.2, 0.25) is 5.02 Å². The molecule has 0 saturated carbocycles. The van der Waals surface area contributed by atoms with Crippen molar-refractivity contribution in [3.05, 3.63) is 44.5 Å². The van der Waals surface area contributed by atoms with Gasteiger partial charge >= 0.3 is 0 Å². The average Bonchev–Trinajstić information content (AvgIpc) is 2.63. The van der Waals surface area contributed by atoms with Crippen molar-refractivity contribution in [2.24, 2.45) is 5.10 Å². The third-order valence-corrected chi connectivity index (χ3v) is 4.11. The molecule has 0 radical (unpaired) electrons. The molecule has 0 unspecified atom stereocenters. The molecule has 0 atom stereocenters. The highest BCUT2D eigenvalue weighted by atomic mass is 35.5. The van der Waals surface area contributed by atoms with Gasteiger partial charge in [0, 0.05) is 16.7 Å². The molecule has 1 aromatic carbocycles. The number of hydrogen-bond acceptors (Lipinski definition) is 8. The number of halogens is 1. The van der Waals surface area contributed by atoms with Crippen LogP contribution in [0.3, 0.4) is 0 Å². The number of imide groups is 1. The molecule has 10 nitrogen and oxygen atoms in total. The lowest BCUT2D eigenvalue weighted by molar-refractivity contribution is -0.383. The minimum Gasteiger partial charge on any atom is -0.466 e. The molecule has 0 saturated heterocycles. The summed E-state index contributed by atoms with van der Waals surface area (Å²) in [5.74, 6) is -1.23. The molecule has 2 amide bonds. The Bertz CT molecular complexity index is 880. The number of carbonyl (C=O) groups is 3. The Morgan fingerprint density at radius 3 is 2.63 bits per heavy atom. The van der Waals surface area contributed by atoms with E-state index in [0.29, 0.717) is 5.57 Å². The van der Waals surface area contributed by atoms with Crippen molar-refractivity contribution in [1.82, 2.24) is 4.90 Å². The Labute approximate surface area is 158 Å². The summed E-state index contributed by atoms with van der Waals surface area (Å²) >= 11 is 5.76. The summed E-state index contributed by atoms with van der Waals surface area (Å²) < 4.78 is 4.53. The summed E-state index contributed by atoms with van der Waals surface area (Å²) in [7, 11) is 0. The van der Waals surface area contributed by atoms with Gasteiger partial charge in [-0.1, -0.05) is 11.6 Å². The molecular weight excluding hydrogens is 380 g/mol. The van der Waals surface area contributed by atoms with Gasteiger partial charge < -0.3 is 4.74 Å². The molecule has 142 valence electrons. The zero-order chi connectivity index (χ0) is 20.1. The van der Waals surface area contributed by atoms with Gasteiger partial charge in [-0.05, 0) is 31.6 Å². The van der Waals surface area contributed by atoms with Crippen LogP contribution in [0.15, 0.2) is 34.4 Å². The molecule has 27 heavy (non-hydrogen) atoms. The van der Waals surface area contributed by atoms with Gasteiger partial charge in [-0.2, -0.15) is 5.10 Å². The Hall–Kier alpha value is -3.27. The van der Waals surface area contributed by atoms with E-state index in [0.717, 1.165) is 11.0 Å². The summed E-state index contributed by atoms with van der Waals surface area (Å²) in [4.78, 5) is 46.5. The van der Waals surface area contributed by atoms with Crippen LogP contribution >= 0.6 is 11.6 Å². The van der Waals surface area contributed by atoms with E-state index in [9.17, 15) is 24.5 Å². The molecular formula is C16H15ClN4O6. The lowest BCUT2D eigenvalue weighted by atomic mass is 9.99. The maximum atomic E-state index is 12.6. The fourth-order valence-electron chi connectivity index (χ4n) is 2.31.